The van der Waals surface area contributed by atoms with Crippen LogP contribution in [-0.2, 0) is 17.4 Å². The maximum absolute atomic E-state index is 12.9. The number of amides is 1. The Kier molecular flexibility index (Phi) is 6.44. The fourth-order valence-electron chi connectivity index (χ4n) is 2.42. The van der Waals surface area contributed by atoms with Crippen molar-refractivity contribution >= 4 is 11.9 Å². The van der Waals surface area contributed by atoms with E-state index in [1.165, 1.54) is 36.2 Å². The van der Waals surface area contributed by atoms with Gasteiger partial charge in [0.25, 0.3) is 0 Å². The summed E-state index contributed by atoms with van der Waals surface area (Å²) in [5, 5.41) is 9.14. The van der Waals surface area contributed by atoms with Gasteiger partial charge in [0, 0.05) is 7.05 Å². The number of nitrogens with zero attached hydrogens (tertiary/aromatic N) is 1. The zero-order chi connectivity index (χ0) is 20.0. The number of hydrogen-bond donors (Lipinski definition) is 1. The Bertz CT molecular complexity index is 821. The predicted molar refractivity (Wildman–Crippen MR) is 91.7 cm³/mol. The lowest BCUT2D eigenvalue weighted by molar-refractivity contribution is -0.139. The van der Waals surface area contributed by atoms with E-state index in [4.69, 9.17) is 9.84 Å². The molecule has 1 amide bonds. The van der Waals surface area contributed by atoms with E-state index in [9.17, 15) is 22.8 Å². The van der Waals surface area contributed by atoms with E-state index in [-0.39, 0.29) is 36.8 Å². The van der Waals surface area contributed by atoms with Crippen molar-refractivity contribution in [3.05, 3.63) is 65.2 Å². The van der Waals surface area contributed by atoms with Gasteiger partial charge in [-0.3, -0.25) is 4.79 Å². The average molecular weight is 381 g/mol. The Morgan fingerprint density at radius 3 is 2.37 bits per heavy atom. The largest absolute Gasteiger partial charge is 0.491 e. The number of aromatic carboxylic acids is 1. The van der Waals surface area contributed by atoms with Crippen LogP contribution in [0.1, 0.15) is 21.5 Å². The van der Waals surface area contributed by atoms with Gasteiger partial charge in [-0.25, -0.2) is 4.79 Å². The molecule has 8 heteroatoms. The monoisotopic (exact) mass is 381 g/mol. The lowest BCUT2D eigenvalue weighted by atomic mass is 10.0. The number of carboxylic acids is 1. The van der Waals surface area contributed by atoms with Crippen molar-refractivity contribution in [1.29, 1.82) is 0 Å². The SMILES string of the molecule is CN(CCOc1ccccc1C(F)(F)F)C(=O)Cc1ccccc1C(=O)O. The molecule has 144 valence electrons. The van der Waals surface area contributed by atoms with Crippen LogP contribution in [0.2, 0.25) is 0 Å². The van der Waals surface area contributed by atoms with Crippen molar-refractivity contribution in [2.24, 2.45) is 0 Å². The predicted octanol–water partition coefficient (Wildman–Crippen LogP) is 3.48. The smallest absolute Gasteiger partial charge is 0.419 e. The van der Waals surface area contributed by atoms with Crippen LogP contribution in [0.3, 0.4) is 0 Å². The van der Waals surface area contributed by atoms with Gasteiger partial charge in [-0.15, -0.1) is 0 Å². The van der Waals surface area contributed by atoms with Gasteiger partial charge in [0.15, 0.2) is 0 Å². The second-order valence-corrected chi connectivity index (χ2v) is 5.80. The minimum absolute atomic E-state index is 0.0367. The van der Waals surface area contributed by atoms with Gasteiger partial charge in [0.05, 0.1) is 24.1 Å². The number of carbonyl (C=O) groups excluding carboxylic acids is 1. The Balaban J connectivity index is 1.94. The lowest BCUT2D eigenvalue weighted by Gasteiger charge is -2.19. The van der Waals surface area contributed by atoms with E-state index in [1.54, 1.807) is 18.2 Å². The highest BCUT2D eigenvalue weighted by molar-refractivity contribution is 5.91. The first-order valence-electron chi connectivity index (χ1n) is 8.04. The van der Waals surface area contributed by atoms with Gasteiger partial charge in [0.2, 0.25) is 5.91 Å². The van der Waals surface area contributed by atoms with E-state index in [1.807, 2.05) is 0 Å². The minimum Gasteiger partial charge on any atom is -0.491 e. The molecular formula is C19H18F3NO4. The van der Waals surface area contributed by atoms with Crippen LogP contribution in [-0.4, -0.2) is 42.1 Å². The van der Waals surface area contributed by atoms with Crippen molar-refractivity contribution in [3.63, 3.8) is 0 Å². The number of rotatable bonds is 7. The first kappa shape index (κ1) is 20.3. The van der Waals surface area contributed by atoms with Crippen molar-refractivity contribution in [1.82, 2.24) is 4.90 Å². The van der Waals surface area contributed by atoms with Crippen LogP contribution < -0.4 is 4.74 Å². The number of benzene rings is 2. The van der Waals surface area contributed by atoms with Gasteiger partial charge in [-0.05, 0) is 23.8 Å². The van der Waals surface area contributed by atoms with E-state index < -0.39 is 17.7 Å². The number of carbonyl (C=O) groups is 2. The summed E-state index contributed by atoms with van der Waals surface area (Å²) in [6.07, 6.45) is -4.66. The first-order valence-corrected chi connectivity index (χ1v) is 8.04. The maximum Gasteiger partial charge on any atom is 0.419 e. The molecule has 27 heavy (non-hydrogen) atoms. The van der Waals surface area contributed by atoms with Crippen LogP contribution in [0.5, 0.6) is 5.75 Å². The standard InChI is InChI=1S/C19H18F3NO4/c1-23(17(24)12-13-6-2-3-7-14(13)18(25)26)10-11-27-16-9-5-4-8-15(16)19(20,21)22/h2-9H,10-12H2,1H3,(H,25,26). The first-order chi connectivity index (χ1) is 12.7. The Labute approximate surface area is 154 Å². The highest BCUT2D eigenvalue weighted by atomic mass is 19.4. The number of para-hydroxylation sites is 1. The molecule has 0 radical (unpaired) electrons. The fourth-order valence-corrected chi connectivity index (χ4v) is 2.42. The van der Waals surface area contributed by atoms with Crippen LogP contribution >= 0.6 is 0 Å². The molecule has 2 rings (SSSR count). The van der Waals surface area contributed by atoms with Gasteiger partial charge in [0.1, 0.15) is 12.4 Å². The number of ether oxygens (including phenoxy) is 1. The lowest BCUT2D eigenvalue weighted by Crippen LogP contribution is -2.32. The van der Waals surface area contributed by atoms with Gasteiger partial charge in [-0.1, -0.05) is 30.3 Å². The van der Waals surface area contributed by atoms with Crippen LogP contribution in [0.15, 0.2) is 48.5 Å². The quantitative estimate of drug-likeness (QED) is 0.797. The topological polar surface area (TPSA) is 66.8 Å². The third-order valence-corrected chi connectivity index (χ3v) is 3.89. The van der Waals surface area contributed by atoms with Crippen LogP contribution in [0.4, 0.5) is 13.2 Å². The number of alkyl halides is 3. The third kappa shape index (κ3) is 5.47. The Morgan fingerprint density at radius 2 is 1.70 bits per heavy atom. The third-order valence-electron chi connectivity index (χ3n) is 3.89. The molecule has 0 fully saturated rings. The van der Waals surface area contributed by atoms with E-state index in [2.05, 4.69) is 0 Å². The molecule has 0 aromatic heterocycles. The molecule has 0 aliphatic rings. The van der Waals surface area contributed by atoms with Crippen LogP contribution in [0.25, 0.3) is 0 Å². The summed E-state index contributed by atoms with van der Waals surface area (Å²) in [5.41, 5.74) is -0.478. The number of hydrogen-bond acceptors (Lipinski definition) is 3. The number of carboxylic acid groups (broad SMARTS) is 1. The zero-order valence-electron chi connectivity index (χ0n) is 14.5. The second-order valence-electron chi connectivity index (χ2n) is 5.80. The van der Waals surface area contributed by atoms with Crippen molar-refractivity contribution < 1.29 is 32.6 Å². The van der Waals surface area contributed by atoms with E-state index in [0.29, 0.717) is 5.56 Å². The molecular weight excluding hydrogens is 363 g/mol. The average Bonchev–Trinajstić information content (AvgIpc) is 2.61. The molecule has 2 aromatic rings. The van der Waals surface area contributed by atoms with Crippen molar-refractivity contribution in [2.45, 2.75) is 12.6 Å². The number of likely N-dealkylation sites (N-methyl/N-ethyl adjacent to an activating group) is 1. The molecule has 1 N–H and O–H groups in total. The maximum atomic E-state index is 12.9. The molecule has 2 aromatic carbocycles. The summed E-state index contributed by atoms with van der Waals surface area (Å²) in [5.74, 6) is -1.80. The summed E-state index contributed by atoms with van der Waals surface area (Å²) in [6.45, 7) is -0.0732. The Hall–Kier alpha value is -3.03. The summed E-state index contributed by atoms with van der Waals surface area (Å²) in [6, 6.07) is 11.0. The molecule has 0 unspecified atom stereocenters. The van der Waals surface area contributed by atoms with E-state index >= 15 is 0 Å². The second kappa shape index (κ2) is 8.57. The molecule has 0 saturated carbocycles. The molecule has 0 atom stereocenters. The molecule has 0 heterocycles. The summed E-state index contributed by atoms with van der Waals surface area (Å²) in [7, 11) is 1.48. The van der Waals surface area contributed by atoms with Gasteiger partial charge >= 0.3 is 12.1 Å². The summed E-state index contributed by atoms with van der Waals surface area (Å²) < 4.78 is 43.9. The van der Waals surface area contributed by atoms with Gasteiger partial charge in [-0.2, -0.15) is 13.2 Å². The molecule has 0 bridgehead atoms. The molecule has 5 nitrogen and oxygen atoms in total. The highest BCUT2D eigenvalue weighted by Crippen LogP contribution is 2.35. The van der Waals surface area contributed by atoms with Crippen molar-refractivity contribution in [3.8, 4) is 5.75 Å². The van der Waals surface area contributed by atoms with E-state index in [0.717, 1.165) is 6.07 Å². The highest BCUT2D eigenvalue weighted by Gasteiger charge is 2.34. The zero-order valence-corrected chi connectivity index (χ0v) is 14.5. The normalized spacial score (nSPS) is 11.1. The summed E-state index contributed by atoms with van der Waals surface area (Å²) >= 11 is 0. The molecule has 0 spiro atoms. The molecule has 0 aliphatic carbocycles. The van der Waals surface area contributed by atoms with Crippen molar-refractivity contribution in [2.75, 3.05) is 20.2 Å². The fraction of sp³-hybridized carbons (Fsp3) is 0.263. The summed E-state index contributed by atoms with van der Waals surface area (Å²) in [4.78, 5) is 24.7. The van der Waals surface area contributed by atoms with Crippen LogP contribution in [0, 0.1) is 0 Å². The minimum atomic E-state index is -4.53. The Morgan fingerprint density at radius 1 is 1.07 bits per heavy atom. The van der Waals surface area contributed by atoms with Gasteiger partial charge < -0.3 is 14.7 Å². The molecule has 0 aliphatic heterocycles. The molecule has 0 saturated heterocycles. The number of halogens is 3.